The van der Waals surface area contributed by atoms with Gasteiger partial charge in [-0.1, -0.05) is 26.7 Å². The SMILES string of the molecule is CC1CCC(C(=O)[O-])C1.CC1CCC(C(=O)[O-])C1.[Hg+2]. The summed E-state index contributed by atoms with van der Waals surface area (Å²) >= 11 is 0. The van der Waals surface area contributed by atoms with Crippen LogP contribution in [0.25, 0.3) is 0 Å². The molecule has 0 spiro atoms. The Bertz CT molecular complexity index is 276. The van der Waals surface area contributed by atoms with E-state index in [-0.39, 0.29) is 39.5 Å². The van der Waals surface area contributed by atoms with Crippen LogP contribution >= 0.6 is 0 Å². The molecule has 0 bridgehead atoms. The first-order valence-electron chi connectivity index (χ1n) is 6.81. The zero-order valence-corrected chi connectivity index (χ0v) is 17.4. The van der Waals surface area contributed by atoms with E-state index in [0.717, 1.165) is 38.5 Å². The summed E-state index contributed by atoms with van der Waals surface area (Å²) in [5, 5.41) is 20.5. The average molecular weight is 455 g/mol. The van der Waals surface area contributed by atoms with Crippen molar-refractivity contribution in [1.29, 1.82) is 0 Å². The van der Waals surface area contributed by atoms with Gasteiger partial charge in [0.25, 0.3) is 0 Å². The number of carbonyl (C=O) groups is 2. The summed E-state index contributed by atoms with van der Waals surface area (Å²) in [5.74, 6) is -0.848. The van der Waals surface area contributed by atoms with Crippen LogP contribution in [0.1, 0.15) is 52.4 Å². The molecule has 2 aliphatic carbocycles. The maximum absolute atomic E-state index is 10.2. The summed E-state index contributed by atoms with van der Waals surface area (Å²) in [6.07, 6.45) is 5.40. The van der Waals surface area contributed by atoms with Gasteiger partial charge < -0.3 is 19.8 Å². The standard InChI is InChI=1S/2C7H12O2.Hg/c2*1-5-2-3-6(4-5)7(8)9;/h2*5-6H,2-4H2,1H3,(H,8,9);/q;;+2/p-2. The summed E-state index contributed by atoms with van der Waals surface area (Å²) in [4.78, 5) is 20.5. The first kappa shape index (κ1) is 18.9. The number of carboxylic acid groups (broad SMARTS) is 2. The van der Waals surface area contributed by atoms with Crippen molar-refractivity contribution in [2.75, 3.05) is 0 Å². The van der Waals surface area contributed by atoms with Crippen molar-refractivity contribution in [3.63, 3.8) is 0 Å². The Hall–Kier alpha value is -0.125. The van der Waals surface area contributed by atoms with Gasteiger partial charge in [0, 0.05) is 11.9 Å². The van der Waals surface area contributed by atoms with E-state index in [1.165, 1.54) is 0 Å². The van der Waals surface area contributed by atoms with Crippen molar-refractivity contribution in [3.8, 4) is 0 Å². The van der Waals surface area contributed by atoms with E-state index in [0.29, 0.717) is 11.8 Å². The molecule has 19 heavy (non-hydrogen) atoms. The molecule has 0 aromatic rings. The van der Waals surface area contributed by atoms with E-state index < -0.39 is 11.9 Å². The first-order valence-corrected chi connectivity index (χ1v) is 6.81. The van der Waals surface area contributed by atoms with Crippen molar-refractivity contribution in [1.82, 2.24) is 0 Å². The van der Waals surface area contributed by atoms with Crippen LogP contribution in [0.4, 0.5) is 0 Å². The first-order chi connectivity index (χ1) is 8.40. The van der Waals surface area contributed by atoms with Gasteiger partial charge in [-0.15, -0.1) is 0 Å². The second kappa shape index (κ2) is 8.93. The molecule has 2 rings (SSSR count). The van der Waals surface area contributed by atoms with Gasteiger partial charge >= 0.3 is 27.7 Å². The number of rotatable bonds is 2. The monoisotopic (exact) mass is 456 g/mol. The molecule has 4 nitrogen and oxygen atoms in total. The minimum absolute atomic E-state index is 0. The van der Waals surface area contributed by atoms with Crippen LogP contribution in [0.2, 0.25) is 0 Å². The topological polar surface area (TPSA) is 80.3 Å². The molecular weight excluding hydrogens is 433 g/mol. The number of carboxylic acids is 2. The maximum Gasteiger partial charge on any atom is 2.00 e. The molecule has 2 fully saturated rings. The Morgan fingerprint density at radius 1 is 0.789 bits per heavy atom. The third-order valence-corrected chi connectivity index (χ3v) is 4.06. The maximum atomic E-state index is 10.2. The van der Waals surface area contributed by atoms with Crippen LogP contribution in [0.15, 0.2) is 0 Å². The Morgan fingerprint density at radius 3 is 1.21 bits per heavy atom. The fourth-order valence-corrected chi connectivity index (χ4v) is 2.84. The van der Waals surface area contributed by atoms with Crippen LogP contribution in [0, 0.1) is 23.7 Å². The summed E-state index contributed by atoms with van der Waals surface area (Å²) < 4.78 is 0. The molecule has 0 radical (unpaired) electrons. The molecule has 5 heteroatoms. The fraction of sp³-hybridized carbons (Fsp3) is 0.857. The Kier molecular flexibility index (Phi) is 8.87. The van der Waals surface area contributed by atoms with Crippen molar-refractivity contribution < 1.29 is 47.5 Å². The van der Waals surface area contributed by atoms with E-state index in [9.17, 15) is 19.8 Å². The Morgan fingerprint density at radius 2 is 1.11 bits per heavy atom. The van der Waals surface area contributed by atoms with Crippen LogP contribution in [-0.2, 0) is 37.3 Å². The van der Waals surface area contributed by atoms with Gasteiger partial charge in [-0.2, -0.15) is 0 Å². The normalized spacial score (nSPS) is 32.9. The van der Waals surface area contributed by atoms with Crippen LogP contribution in [-0.4, -0.2) is 11.9 Å². The van der Waals surface area contributed by atoms with Gasteiger partial charge in [-0.25, -0.2) is 0 Å². The van der Waals surface area contributed by atoms with E-state index in [2.05, 4.69) is 13.8 Å². The molecule has 0 amide bonds. The summed E-state index contributed by atoms with van der Waals surface area (Å²) in [6.45, 7) is 4.17. The molecule has 0 aromatic carbocycles. The van der Waals surface area contributed by atoms with E-state index in [1.807, 2.05) is 0 Å². The van der Waals surface area contributed by atoms with E-state index in [4.69, 9.17) is 0 Å². The number of hydrogen-bond donors (Lipinski definition) is 0. The van der Waals surface area contributed by atoms with E-state index in [1.54, 1.807) is 0 Å². The molecule has 2 saturated carbocycles. The fourth-order valence-electron chi connectivity index (χ4n) is 2.84. The second-order valence-electron chi connectivity index (χ2n) is 5.87. The molecule has 0 N–H and O–H groups in total. The predicted molar refractivity (Wildman–Crippen MR) is 63.0 cm³/mol. The van der Waals surface area contributed by atoms with Crippen LogP contribution < -0.4 is 10.2 Å². The van der Waals surface area contributed by atoms with Crippen molar-refractivity contribution in [2.24, 2.45) is 23.7 Å². The van der Waals surface area contributed by atoms with Crippen LogP contribution in [0.5, 0.6) is 0 Å². The van der Waals surface area contributed by atoms with Gasteiger partial charge in [0.15, 0.2) is 0 Å². The predicted octanol–water partition coefficient (Wildman–Crippen LogP) is 0.343. The van der Waals surface area contributed by atoms with Gasteiger partial charge in [0.05, 0.1) is 0 Å². The Labute approximate surface area is 135 Å². The zero-order chi connectivity index (χ0) is 13.7. The minimum atomic E-state index is -0.862. The van der Waals surface area contributed by atoms with Crippen molar-refractivity contribution in [3.05, 3.63) is 0 Å². The molecule has 0 saturated heterocycles. The molecule has 0 heterocycles. The molecule has 104 valence electrons. The summed E-state index contributed by atoms with van der Waals surface area (Å²) in [5.41, 5.74) is 0. The van der Waals surface area contributed by atoms with Gasteiger partial charge in [0.1, 0.15) is 0 Å². The molecule has 2 aliphatic rings. The van der Waals surface area contributed by atoms with Gasteiger partial charge in [-0.05, 0) is 49.4 Å². The second-order valence-corrected chi connectivity index (χ2v) is 5.87. The smallest absolute Gasteiger partial charge is 0.550 e. The number of aliphatic carboxylic acids is 2. The third-order valence-electron chi connectivity index (χ3n) is 4.06. The molecule has 0 aliphatic heterocycles. The van der Waals surface area contributed by atoms with Crippen molar-refractivity contribution >= 4 is 11.9 Å². The largest absolute Gasteiger partial charge is 2.00 e. The molecule has 4 unspecified atom stereocenters. The summed E-state index contributed by atoms with van der Waals surface area (Å²) in [7, 11) is 0. The zero-order valence-electron chi connectivity index (χ0n) is 11.9. The quantitative estimate of drug-likeness (QED) is 0.564. The van der Waals surface area contributed by atoms with Crippen molar-refractivity contribution in [2.45, 2.75) is 52.4 Å². The average Bonchev–Trinajstić information content (AvgIpc) is 2.88. The van der Waals surface area contributed by atoms with Crippen LogP contribution in [0.3, 0.4) is 0 Å². The van der Waals surface area contributed by atoms with Gasteiger partial charge in [-0.3, -0.25) is 0 Å². The summed E-state index contributed by atoms with van der Waals surface area (Å²) in [6, 6.07) is 0. The number of carbonyl (C=O) groups excluding carboxylic acids is 2. The molecular formula is C14H22HgO4. The molecule has 4 atom stereocenters. The molecule has 0 aromatic heterocycles. The van der Waals surface area contributed by atoms with E-state index >= 15 is 0 Å². The minimum Gasteiger partial charge on any atom is -0.550 e. The Balaban J connectivity index is 0.000000324. The third kappa shape index (κ3) is 6.73. The van der Waals surface area contributed by atoms with Gasteiger partial charge in [0.2, 0.25) is 0 Å². The number of hydrogen-bond acceptors (Lipinski definition) is 4.